The van der Waals surface area contributed by atoms with Gasteiger partial charge >= 0.3 is 6.03 Å². The number of rotatable bonds is 0. The summed E-state index contributed by atoms with van der Waals surface area (Å²) in [5, 5.41) is 0. The Hall–Kier alpha value is -1.16. The van der Waals surface area contributed by atoms with Crippen LogP contribution in [0.1, 0.15) is 0 Å². The van der Waals surface area contributed by atoms with Crippen LogP contribution >= 0.6 is 11.8 Å². The molecular formula is C11H14N2OS. The second-order valence-electron chi connectivity index (χ2n) is 3.64. The van der Waals surface area contributed by atoms with E-state index in [1.165, 1.54) is 4.90 Å². The van der Waals surface area contributed by atoms with Gasteiger partial charge in [0.1, 0.15) is 0 Å². The zero-order valence-corrected chi connectivity index (χ0v) is 9.75. The smallest absolute Gasteiger partial charge is 0.324 e. The molecule has 1 heterocycles. The highest BCUT2D eigenvalue weighted by molar-refractivity contribution is 7.99. The van der Waals surface area contributed by atoms with E-state index in [2.05, 4.69) is 6.07 Å². The van der Waals surface area contributed by atoms with Crippen molar-refractivity contribution in [1.29, 1.82) is 0 Å². The third kappa shape index (κ3) is 1.95. The molecule has 0 unspecified atom stereocenters. The van der Waals surface area contributed by atoms with E-state index in [9.17, 15) is 4.79 Å². The van der Waals surface area contributed by atoms with Gasteiger partial charge in [-0.2, -0.15) is 0 Å². The van der Waals surface area contributed by atoms with E-state index in [0.29, 0.717) is 0 Å². The Kier molecular flexibility index (Phi) is 2.86. The van der Waals surface area contributed by atoms with Gasteiger partial charge in [-0.25, -0.2) is 4.79 Å². The molecule has 2 rings (SSSR count). The lowest BCUT2D eigenvalue weighted by molar-refractivity contribution is 0.224. The van der Waals surface area contributed by atoms with Gasteiger partial charge in [-0.15, -0.1) is 11.8 Å². The summed E-state index contributed by atoms with van der Waals surface area (Å²) in [6.07, 6.45) is 0. The molecular weight excluding hydrogens is 208 g/mol. The van der Waals surface area contributed by atoms with E-state index in [0.717, 1.165) is 18.0 Å². The van der Waals surface area contributed by atoms with Crippen molar-refractivity contribution >= 4 is 23.5 Å². The normalized spacial score (nSPS) is 14.7. The highest BCUT2D eigenvalue weighted by atomic mass is 32.2. The lowest BCUT2D eigenvalue weighted by Crippen LogP contribution is -2.42. The number of carbonyl (C=O) groups is 1. The molecule has 0 spiro atoms. The maximum Gasteiger partial charge on any atom is 0.324 e. The van der Waals surface area contributed by atoms with E-state index in [-0.39, 0.29) is 6.03 Å². The number of nitrogens with zero attached hydrogens (tertiary/aromatic N) is 2. The van der Waals surface area contributed by atoms with Crippen LogP contribution in [-0.4, -0.2) is 37.3 Å². The Morgan fingerprint density at radius 3 is 2.87 bits per heavy atom. The molecule has 0 saturated heterocycles. The van der Waals surface area contributed by atoms with Crippen LogP contribution < -0.4 is 4.90 Å². The van der Waals surface area contributed by atoms with Crippen LogP contribution in [0.25, 0.3) is 0 Å². The topological polar surface area (TPSA) is 23.6 Å². The van der Waals surface area contributed by atoms with Crippen LogP contribution in [0.15, 0.2) is 29.2 Å². The van der Waals surface area contributed by atoms with Gasteiger partial charge in [0.2, 0.25) is 0 Å². The molecule has 0 N–H and O–H groups in total. The number of thioether (sulfide) groups is 1. The first kappa shape index (κ1) is 10.4. The van der Waals surface area contributed by atoms with Gasteiger partial charge in [0.05, 0.1) is 5.69 Å². The summed E-state index contributed by atoms with van der Waals surface area (Å²) >= 11 is 1.81. The molecule has 2 amide bonds. The molecule has 0 fully saturated rings. The summed E-state index contributed by atoms with van der Waals surface area (Å²) in [6.45, 7) is 0.790. The Morgan fingerprint density at radius 2 is 2.13 bits per heavy atom. The molecule has 15 heavy (non-hydrogen) atoms. The first-order valence-corrected chi connectivity index (χ1v) is 5.89. The van der Waals surface area contributed by atoms with Crippen LogP contribution in [0.2, 0.25) is 0 Å². The van der Waals surface area contributed by atoms with E-state index < -0.39 is 0 Å². The van der Waals surface area contributed by atoms with Gasteiger partial charge in [-0.1, -0.05) is 12.1 Å². The van der Waals surface area contributed by atoms with Crippen molar-refractivity contribution in [3.63, 3.8) is 0 Å². The maximum absolute atomic E-state index is 11.9. The molecule has 1 aliphatic heterocycles. The average Bonchev–Trinajstić information content (AvgIpc) is 2.27. The van der Waals surface area contributed by atoms with E-state index in [1.807, 2.05) is 34.9 Å². The van der Waals surface area contributed by atoms with E-state index in [1.54, 1.807) is 19.0 Å². The molecule has 1 aromatic carbocycles. The second-order valence-corrected chi connectivity index (χ2v) is 4.78. The molecule has 0 saturated carbocycles. The van der Waals surface area contributed by atoms with Gasteiger partial charge in [-0.3, -0.25) is 4.90 Å². The monoisotopic (exact) mass is 222 g/mol. The van der Waals surface area contributed by atoms with Crippen molar-refractivity contribution in [2.45, 2.75) is 4.90 Å². The van der Waals surface area contributed by atoms with E-state index in [4.69, 9.17) is 0 Å². The van der Waals surface area contributed by atoms with Crippen molar-refractivity contribution in [1.82, 2.24) is 4.90 Å². The van der Waals surface area contributed by atoms with E-state index >= 15 is 0 Å². The summed E-state index contributed by atoms with van der Waals surface area (Å²) in [6, 6.07) is 8.11. The summed E-state index contributed by atoms with van der Waals surface area (Å²) < 4.78 is 0. The first-order valence-electron chi connectivity index (χ1n) is 4.91. The lowest BCUT2D eigenvalue weighted by Gasteiger charge is -2.31. The molecule has 0 aromatic heterocycles. The highest BCUT2D eigenvalue weighted by Gasteiger charge is 2.23. The number of amides is 2. The van der Waals surface area contributed by atoms with Gasteiger partial charge in [-0.05, 0) is 12.1 Å². The number of carbonyl (C=O) groups excluding carboxylic acids is 1. The Balaban J connectivity index is 2.34. The molecule has 0 bridgehead atoms. The number of urea groups is 1. The van der Waals surface area contributed by atoms with Gasteiger partial charge in [0.15, 0.2) is 0 Å². The molecule has 0 radical (unpaired) electrons. The number of para-hydroxylation sites is 1. The predicted molar refractivity (Wildman–Crippen MR) is 63.6 cm³/mol. The largest absolute Gasteiger partial charge is 0.330 e. The molecule has 3 nitrogen and oxygen atoms in total. The van der Waals surface area contributed by atoms with Crippen molar-refractivity contribution < 1.29 is 4.79 Å². The van der Waals surface area contributed by atoms with Crippen LogP contribution in [0.3, 0.4) is 0 Å². The summed E-state index contributed by atoms with van der Waals surface area (Å²) in [7, 11) is 3.57. The maximum atomic E-state index is 11.9. The molecule has 1 aliphatic rings. The van der Waals surface area contributed by atoms with Crippen molar-refractivity contribution in [2.24, 2.45) is 0 Å². The SMILES string of the molecule is CN(C)C(=O)N1CCSc2ccccc21. The Morgan fingerprint density at radius 1 is 1.40 bits per heavy atom. The quantitative estimate of drug-likeness (QED) is 0.672. The summed E-state index contributed by atoms with van der Waals surface area (Å²) in [4.78, 5) is 16.6. The fourth-order valence-electron chi connectivity index (χ4n) is 1.61. The molecule has 0 aliphatic carbocycles. The standard InChI is InChI=1S/C11H14N2OS/c1-12(2)11(14)13-7-8-15-10-6-4-3-5-9(10)13/h3-6H,7-8H2,1-2H3. The third-order valence-corrected chi connectivity index (χ3v) is 3.38. The van der Waals surface area contributed by atoms with Crippen molar-refractivity contribution in [3.8, 4) is 0 Å². The average molecular weight is 222 g/mol. The first-order chi connectivity index (χ1) is 7.20. The number of hydrogen-bond donors (Lipinski definition) is 0. The molecule has 4 heteroatoms. The minimum Gasteiger partial charge on any atom is -0.330 e. The van der Waals surface area contributed by atoms with Crippen LogP contribution in [0, 0.1) is 0 Å². The second kappa shape index (κ2) is 4.14. The summed E-state index contributed by atoms with van der Waals surface area (Å²) in [5.74, 6) is 0.969. The number of anilines is 1. The fourth-order valence-corrected chi connectivity index (χ4v) is 2.60. The zero-order valence-electron chi connectivity index (χ0n) is 8.93. The summed E-state index contributed by atoms with van der Waals surface area (Å²) in [5.41, 5.74) is 1.03. The molecule has 80 valence electrons. The number of fused-ring (bicyclic) bond motifs is 1. The predicted octanol–water partition coefficient (Wildman–Crippen LogP) is 2.28. The van der Waals surface area contributed by atoms with Gasteiger partial charge in [0.25, 0.3) is 0 Å². The van der Waals surface area contributed by atoms with Gasteiger partial charge < -0.3 is 4.90 Å². The lowest BCUT2D eigenvalue weighted by atomic mass is 10.3. The van der Waals surface area contributed by atoms with Crippen molar-refractivity contribution in [3.05, 3.63) is 24.3 Å². The Labute approximate surface area is 94.1 Å². The third-order valence-electron chi connectivity index (χ3n) is 2.34. The van der Waals surface area contributed by atoms with Crippen LogP contribution in [-0.2, 0) is 0 Å². The van der Waals surface area contributed by atoms with Gasteiger partial charge in [0, 0.05) is 31.3 Å². The zero-order chi connectivity index (χ0) is 10.8. The Bertz CT molecular complexity index is 379. The number of benzene rings is 1. The van der Waals surface area contributed by atoms with Crippen molar-refractivity contribution in [2.75, 3.05) is 31.3 Å². The van der Waals surface area contributed by atoms with Crippen LogP contribution in [0.4, 0.5) is 10.5 Å². The van der Waals surface area contributed by atoms with Crippen LogP contribution in [0.5, 0.6) is 0 Å². The minimum atomic E-state index is 0.0581. The highest BCUT2D eigenvalue weighted by Crippen LogP contribution is 2.34. The molecule has 1 aromatic rings. The minimum absolute atomic E-state index is 0.0581. The number of hydrogen-bond acceptors (Lipinski definition) is 2. The molecule has 0 atom stereocenters. The fraction of sp³-hybridized carbons (Fsp3) is 0.364.